The van der Waals surface area contributed by atoms with E-state index in [1.54, 1.807) is 0 Å². The van der Waals surface area contributed by atoms with E-state index in [0.717, 1.165) is 103 Å². The first-order valence-corrected chi connectivity index (χ1v) is 25.6. The van der Waals surface area contributed by atoms with E-state index in [4.69, 9.17) is 14.2 Å². The van der Waals surface area contributed by atoms with Gasteiger partial charge in [-0.1, -0.05) is 213 Å². The molecule has 1 unspecified atom stereocenters. The van der Waals surface area contributed by atoms with Gasteiger partial charge in [0.1, 0.15) is 13.2 Å². The van der Waals surface area contributed by atoms with E-state index in [1.807, 2.05) is 36.5 Å². The van der Waals surface area contributed by atoms with E-state index in [9.17, 15) is 14.4 Å². The Kier molecular flexibility index (Phi) is 48.1. The maximum absolute atomic E-state index is 12.8. The van der Waals surface area contributed by atoms with Crippen molar-refractivity contribution in [1.29, 1.82) is 0 Å². The Morgan fingerprint density at radius 2 is 0.719 bits per heavy atom. The van der Waals surface area contributed by atoms with Crippen LogP contribution in [0.15, 0.2) is 122 Å². The molecule has 0 heterocycles. The molecule has 6 heteroatoms. The van der Waals surface area contributed by atoms with Crippen molar-refractivity contribution in [2.45, 2.75) is 213 Å². The minimum absolute atomic E-state index is 0.114. The van der Waals surface area contributed by atoms with Crippen LogP contribution in [0, 0.1) is 0 Å². The number of ether oxygens (including phenoxy) is 3. The summed E-state index contributed by atoms with van der Waals surface area (Å²) in [6.07, 6.45) is 70.4. The Balaban J connectivity index is 4.50. The van der Waals surface area contributed by atoms with Crippen molar-refractivity contribution in [3.05, 3.63) is 122 Å². The van der Waals surface area contributed by atoms with E-state index < -0.39 is 6.10 Å². The first kappa shape index (κ1) is 59.8. The fraction of sp³-hybridized carbons (Fsp3) is 0.603. The third-order valence-corrected chi connectivity index (χ3v) is 10.3. The number of allylic oxidation sites excluding steroid dienone is 20. The molecule has 0 fully saturated rings. The van der Waals surface area contributed by atoms with E-state index >= 15 is 0 Å². The standard InChI is InChI=1S/C58H92O6/c1-4-7-10-13-16-19-22-24-26-28-30-31-33-36-39-42-45-48-51-57(60)63-54-55(53-62-56(59)50-47-44-41-38-35-21-18-15-12-9-6-3)64-58(61)52-49-46-43-40-37-34-32-29-27-25-23-20-17-14-11-8-5-2/h9-10,12-13,16-22,24-28,30-31,38,41,55H,4-8,11,14-15,23,29,32-37,39-40,42-54H2,1-3H3/b12-9-,13-10-,19-16-,20-17-,21-18-,24-22-,27-25-,28-26-,31-30-,41-38-. The monoisotopic (exact) mass is 885 g/mol. The van der Waals surface area contributed by atoms with Crippen LogP contribution in [-0.2, 0) is 28.6 Å². The van der Waals surface area contributed by atoms with Crippen molar-refractivity contribution in [3.8, 4) is 0 Å². The molecule has 0 aliphatic rings. The summed E-state index contributed by atoms with van der Waals surface area (Å²) in [5.41, 5.74) is 0. The van der Waals surface area contributed by atoms with Crippen molar-refractivity contribution >= 4 is 17.9 Å². The Labute approximate surface area is 392 Å². The molecule has 0 spiro atoms. The summed E-state index contributed by atoms with van der Waals surface area (Å²) in [6.45, 7) is 6.31. The highest BCUT2D eigenvalue weighted by atomic mass is 16.6. The minimum Gasteiger partial charge on any atom is -0.462 e. The second-order valence-corrected chi connectivity index (χ2v) is 16.5. The molecule has 0 aromatic rings. The van der Waals surface area contributed by atoms with E-state index in [2.05, 4.69) is 106 Å². The van der Waals surface area contributed by atoms with Crippen LogP contribution in [0.3, 0.4) is 0 Å². The molecule has 0 N–H and O–H groups in total. The number of carbonyl (C=O) groups excluding carboxylic acids is 3. The Morgan fingerprint density at radius 1 is 0.344 bits per heavy atom. The second kappa shape index (κ2) is 51.4. The van der Waals surface area contributed by atoms with Crippen LogP contribution in [0.4, 0.5) is 0 Å². The van der Waals surface area contributed by atoms with Crippen LogP contribution in [0.5, 0.6) is 0 Å². The van der Waals surface area contributed by atoms with Gasteiger partial charge < -0.3 is 14.2 Å². The summed E-state index contributed by atoms with van der Waals surface area (Å²) >= 11 is 0. The van der Waals surface area contributed by atoms with Crippen LogP contribution in [-0.4, -0.2) is 37.2 Å². The number of hydrogen-bond donors (Lipinski definition) is 0. The highest BCUT2D eigenvalue weighted by Gasteiger charge is 2.19. The van der Waals surface area contributed by atoms with Crippen LogP contribution in [0.2, 0.25) is 0 Å². The van der Waals surface area contributed by atoms with Gasteiger partial charge in [-0.25, -0.2) is 0 Å². The molecule has 0 bridgehead atoms. The molecule has 6 nitrogen and oxygen atoms in total. The molecule has 0 aromatic carbocycles. The van der Waals surface area contributed by atoms with Gasteiger partial charge in [0, 0.05) is 19.3 Å². The fourth-order valence-electron chi connectivity index (χ4n) is 6.47. The van der Waals surface area contributed by atoms with Gasteiger partial charge in [0.05, 0.1) is 0 Å². The third kappa shape index (κ3) is 48.8. The molecule has 64 heavy (non-hydrogen) atoms. The quantitative estimate of drug-likeness (QED) is 0.0199. The van der Waals surface area contributed by atoms with Gasteiger partial charge in [-0.15, -0.1) is 0 Å². The third-order valence-electron chi connectivity index (χ3n) is 10.3. The Bertz CT molecular complexity index is 1390. The summed E-state index contributed by atoms with van der Waals surface area (Å²) in [4.78, 5) is 37.9. The number of hydrogen-bond acceptors (Lipinski definition) is 6. The first-order chi connectivity index (χ1) is 31.5. The first-order valence-electron chi connectivity index (χ1n) is 25.6. The van der Waals surface area contributed by atoms with Crippen LogP contribution in [0.1, 0.15) is 207 Å². The summed E-state index contributed by atoms with van der Waals surface area (Å²) in [5.74, 6) is -1.01. The molecule has 0 amide bonds. The Morgan fingerprint density at radius 3 is 1.22 bits per heavy atom. The number of esters is 3. The molecule has 360 valence electrons. The smallest absolute Gasteiger partial charge is 0.306 e. The van der Waals surface area contributed by atoms with Gasteiger partial charge in [-0.05, 0) is 96.3 Å². The lowest BCUT2D eigenvalue weighted by molar-refractivity contribution is -0.167. The fourth-order valence-corrected chi connectivity index (χ4v) is 6.47. The highest BCUT2D eigenvalue weighted by Crippen LogP contribution is 2.13. The zero-order valence-electron chi connectivity index (χ0n) is 41.0. The van der Waals surface area contributed by atoms with Crippen molar-refractivity contribution in [3.63, 3.8) is 0 Å². The van der Waals surface area contributed by atoms with Gasteiger partial charge in [0.15, 0.2) is 6.10 Å². The molecular formula is C58H92O6. The average molecular weight is 885 g/mol. The van der Waals surface area contributed by atoms with Crippen LogP contribution >= 0.6 is 0 Å². The molecule has 0 aliphatic carbocycles. The number of carbonyl (C=O) groups is 3. The molecule has 0 radical (unpaired) electrons. The zero-order chi connectivity index (χ0) is 46.5. The molecule has 0 saturated carbocycles. The Hall–Kier alpha value is -4.19. The van der Waals surface area contributed by atoms with Gasteiger partial charge in [0.25, 0.3) is 0 Å². The summed E-state index contributed by atoms with van der Waals surface area (Å²) in [6, 6.07) is 0. The largest absolute Gasteiger partial charge is 0.462 e. The van der Waals surface area contributed by atoms with Crippen molar-refractivity contribution < 1.29 is 28.6 Å². The molecule has 0 aliphatic heterocycles. The molecule has 0 rings (SSSR count). The van der Waals surface area contributed by atoms with E-state index in [1.165, 1.54) is 57.8 Å². The summed E-state index contributed by atoms with van der Waals surface area (Å²) < 4.78 is 16.7. The SMILES string of the molecule is CC/C=C\C/C=C\C/C=C\CCCC(=O)OCC(COC(=O)CCCCCCC\C=C/C=C\C=C/C=C\C=C/CCC)OC(=O)CCCCCCCCC/C=C\C/C=C\CCCCC. The van der Waals surface area contributed by atoms with Crippen molar-refractivity contribution in [1.82, 2.24) is 0 Å². The summed E-state index contributed by atoms with van der Waals surface area (Å²) in [7, 11) is 0. The average Bonchev–Trinajstić information content (AvgIpc) is 3.29. The molecule has 1 atom stereocenters. The zero-order valence-corrected chi connectivity index (χ0v) is 41.0. The minimum atomic E-state index is -0.816. The lowest BCUT2D eigenvalue weighted by Crippen LogP contribution is -2.30. The molecular weight excluding hydrogens is 793 g/mol. The van der Waals surface area contributed by atoms with Gasteiger partial charge >= 0.3 is 17.9 Å². The van der Waals surface area contributed by atoms with E-state index in [0.29, 0.717) is 19.3 Å². The van der Waals surface area contributed by atoms with Crippen molar-refractivity contribution in [2.24, 2.45) is 0 Å². The predicted molar refractivity (Wildman–Crippen MR) is 274 cm³/mol. The van der Waals surface area contributed by atoms with E-state index in [-0.39, 0.29) is 37.5 Å². The summed E-state index contributed by atoms with van der Waals surface area (Å²) in [5, 5.41) is 0. The lowest BCUT2D eigenvalue weighted by atomic mass is 10.1. The van der Waals surface area contributed by atoms with Crippen LogP contribution in [0.25, 0.3) is 0 Å². The maximum atomic E-state index is 12.8. The lowest BCUT2D eigenvalue weighted by Gasteiger charge is -2.18. The predicted octanol–water partition coefficient (Wildman–Crippen LogP) is 16.9. The molecule has 0 saturated heterocycles. The topological polar surface area (TPSA) is 78.9 Å². The van der Waals surface area contributed by atoms with Gasteiger partial charge in [-0.2, -0.15) is 0 Å². The highest BCUT2D eigenvalue weighted by molar-refractivity contribution is 5.71. The van der Waals surface area contributed by atoms with Crippen LogP contribution < -0.4 is 0 Å². The normalized spacial score (nSPS) is 13.1. The van der Waals surface area contributed by atoms with Gasteiger partial charge in [-0.3, -0.25) is 14.4 Å². The van der Waals surface area contributed by atoms with Gasteiger partial charge in [0.2, 0.25) is 0 Å². The van der Waals surface area contributed by atoms with Crippen molar-refractivity contribution in [2.75, 3.05) is 13.2 Å². The molecule has 0 aromatic heterocycles. The maximum Gasteiger partial charge on any atom is 0.306 e. The number of rotatable bonds is 44. The number of unbranched alkanes of at least 4 members (excludes halogenated alkanes) is 17. The second-order valence-electron chi connectivity index (χ2n) is 16.5.